The number of anilines is 1. The molecule has 1 aromatic carbocycles. The predicted octanol–water partition coefficient (Wildman–Crippen LogP) is 2.80. The third-order valence-corrected chi connectivity index (χ3v) is 7.02. The Hall–Kier alpha value is -1.15. The molecule has 1 N–H and O–H groups in total. The fourth-order valence-electron chi connectivity index (χ4n) is 3.00. The molecule has 1 aliphatic rings. The second-order valence-electron chi connectivity index (χ2n) is 6.60. The molecule has 1 atom stereocenters. The van der Waals surface area contributed by atoms with Gasteiger partial charge in [-0.2, -0.15) is 4.31 Å². The molecular weight excluding hydrogens is 374 g/mol. The number of hydrogen-bond acceptors (Lipinski definition) is 4. The fraction of sp³-hybridized carbons (Fsp3) is 0.611. The lowest BCUT2D eigenvalue weighted by molar-refractivity contribution is -0.121. The van der Waals surface area contributed by atoms with Gasteiger partial charge >= 0.3 is 0 Å². The summed E-state index contributed by atoms with van der Waals surface area (Å²) in [4.78, 5) is 14.5. The Kier molecular flexibility index (Phi) is 7.88. The minimum absolute atomic E-state index is 0.141. The quantitative estimate of drug-likeness (QED) is 0.680. The van der Waals surface area contributed by atoms with Gasteiger partial charge in [0.15, 0.2) is 0 Å². The Bertz CT molecular complexity index is 703. The molecule has 1 amide bonds. The van der Waals surface area contributed by atoms with Crippen molar-refractivity contribution in [2.45, 2.75) is 39.2 Å². The van der Waals surface area contributed by atoms with Gasteiger partial charge in [-0.3, -0.25) is 9.69 Å². The number of carbonyl (C=O) groups is 1. The highest BCUT2D eigenvalue weighted by atomic mass is 35.5. The lowest BCUT2D eigenvalue weighted by Crippen LogP contribution is -2.54. The van der Waals surface area contributed by atoms with E-state index in [1.54, 1.807) is 16.4 Å². The van der Waals surface area contributed by atoms with Gasteiger partial charge in [-0.15, -0.1) is 0 Å². The maximum atomic E-state index is 12.5. The SMILES string of the molecule is CCCCCS(=O)(=O)N1CCN(C(C)C(=O)Nc2ccccc2Cl)CC1. The van der Waals surface area contributed by atoms with Crippen molar-refractivity contribution in [2.75, 3.05) is 37.2 Å². The monoisotopic (exact) mass is 401 g/mol. The highest BCUT2D eigenvalue weighted by Gasteiger charge is 2.30. The average Bonchev–Trinajstić information content (AvgIpc) is 2.63. The number of carbonyl (C=O) groups excluding carboxylic acids is 1. The van der Waals surface area contributed by atoms with E-state index in [0.29, 0.717) is 43.3 Å². The second kappa shape index (κ2) is 9.69. The van der Waals surface area contributed by atoms with Gasteiger partial charge in [0.05, 0.1) is 22.5 Å². The molecule has 6 nitrogen and oxygen atoms in total. The number of piperazine rings is 1. The summed E-state index contributed by atoms with van der Waals surface area (Å²) in [7, 11) is -3.19. The zero-order valence-corrected chi connectivity index (χ0v) is 17.0. The summed E-state index contributed by atoms with van der Waals surface area (Å²) >= 11 is 6.08. The van der Waals surface area contributed by atoms with Crippen molar-refractivity contribution < 1.29 is 13.2 Å². The van der Waals surface area contributed by atoms with Crippen molar-refractivity contribution >= 4 is 33.2 Å². The van der Waals surface area contributed by atoms with Crippen molar-refractivity contribution in [1.82, 2.24) is 9.21 Å². The van der Waals surface area contributed by atoms with Crippen LogP contribution in [0.5, 0.6) is 0 Å². The van der Waals surface area contributed by atoms with Gasteiger partial charge in [0.1, 0.15) is 0 Å². The topological polar surface area (TPSA) is 69.7 Å². The standard InChI is InChI=1S/C18H28ClN3O3S/c1-3-4-7-14-26(24,25)22-12-10-21(11-13-22)15(2)18(23)20-17-9-6-5-8-16(17)19/h5-6,8-9,15H,3-4,7,10-14H2,1-2H3,(H,20,23). The lowest BCUT2D eigenvalue weighted by atomic mass is 10.2. The third-order valence-electron chi connectivity index (χ3n) is 4.73. The molecule has 1 saturated heterocycles. The Morgan fingerprint density at radius 3 is 2.46 bits per heavy atom. The van der Waals surface area contributed by atoms with Crippen LogP contribution in [0.1, 0.15) is 33.1 Å². The molecule has 8 heteroatoms. The van der Waals surface area contributed by atoms with Crippen LogP contribution in [0.3, 0.4) is 0 Å². The van der Waals surface area contributed by atoms with E-state index in [2.05, 4.69) is 12.2 Å². The maximum Gasteiger partial charge on any atom is 0.241 e. The highest BCUT2D eigenvalue weighted by Crippen LogP contribution is 2.21. The van der Waals surface area contributed by atoms with Gasteiger partial charge < -0.3 is 5.32 Å². The number of hydrogen-bond donors (Lipinski definition) is 1. The van der Waals surface area contributed by atoms with Gasteiger partial charge in [0, 0.05) is 26.2 Å². The molecule has 1 aromatic rings. The predicted molar refractivity (Wildman–Crippen MR) is 106 cm³/mol. The molecule has 1 aliphatic heterocycles. The number of nitrogens with one attached hydrogen (secondary N) is 1. The molecule has 2 rings (SSSR count). The number of nitrogens with zero attached hydrogens (tertiary/aromatic N) is 2. The van der Waals surface area contributed by atoms with E-state index in [1.165, 1.54) is 0 Å². The third kappa shape index (κ3) is 5.67. The van der Waals surface area contributed by atoms with E-state index in [1.807, 2.05) is 24.0 Å². The smallest absolute Gasteiger partial charge is 0.241 e. The molecule has 26 heavy (non-hydrogen) atoms. The fourth-order valence-corrected chi connectivity index (χ4v) is 4.73. The van der Waals surface area contributed by atoms with E-state index < -0.39 is 10.0 Å². The van der Waals surface area contributed by atoms with Crippen LogP contribution in [0.4, 0.5) is 5.69 Å². The van der Waals surface area contributed by atoms with E-state index in [9.17, 15) is 13.2 Å². The Morgan fingerprint density at radius 2 is 1.85 bits per heavy atom. The van der Waals surface area contributed by atoms with Gasteiger partial charge in [-0.05, 0) is 25.5 Å². The Labute approximate surface area is 161 Å². The first kappa shape index (κ1) is 21.2. The number of para-hydroxylation sites is 1. The second-order valence-corrected chi connectivity index (χ2v) is 9.10. The average molecular weight is 402 g/mol. The van der Waals surface area contributed by atoms with Gasteiger partial charge in [0.25, 0.3) is 0 Å². The van der Waals surface area contributed by atoms with Crippen molar-refractivity contribution in [3.63, 3.8) is 0 Å². The molecular formula is C18H28ClN3O3S. The summed E-state index contributed by atoms with van der Waals surface area (Å²) in [6.45, 7) is 5.84. The van der Waals surface area contributed by atoms with E-state index in [4.69, 9.17) is 11.6 Å². The molecule has 0 spiro atoms. The van der Waals surface area contributed by atoms with Crippen LogP contribution in [-0.4, -0.2) is 61.5 Å². The number of unbranched alkanes of at least 4 members (excludes halogenated alkanes) is 2. The summed E-state index contributed by atoms with van der Waals surface area (Å²) in [5.41, 5.74) is 0.586. The van der Waals surface area contributed by atoms with E-state index in [-0.39, 0.29) is 17.7 Å². The molecule has 1 heterocycles. The van der Waals surface area contributed by atoms with Crippen LogP contribution < -0.4 is 5.32 Å². The summed E-state index contributed by atoms with van der Waals surface area (Å²) in [6.07, 6.45) is 2.63. The van der Waals surface area contributed by atoms with Crippen LogP contribution in [0.15, 0.2) is 24.3 Å². The normalized spacial score (nSPS) is 17.8. The highest BCUT2D eigenvalue weighted by molar-refractivity contribution is 7.89. The number of amides is 1. The zero-order valence-electron chi connectivity index (χ0n) is 15.4. The summed E-state index contributed by atoms with van der Waals surface area (Å²) in [6, 6.07) is 6.75. The first-order valence-corrected chi connectivity index (χ1v) is 11.1. The maximum absolute atomic E-state index is 12.5. The molecule has 0 saturated carbocycles. The summed E-state index contributed by atoms with van der Waals surface area (Å²) < 4.78 is 26.3. The number of halogens is 1. The molecule has 1 fully saturated rings. The first-order valence-electron chi connectivity index (χ1n) is 9.12. The van der Waals surface area contributed by atoms with Crippen molar-refractivity contribution in [3.05, 3.63) is 29.3 Å². The van der Waals surface area contributed by atoms with Gasteiger partial charge in [-0.25, -0.2) is 8.42 Å². The summed E-state index contributed by atoms with van der Waals surface area (Å²) in [5.74, 6) is 0.0704. The van der Waals surface area contributed by atoms with Crippen molar-refractivity contribution in [1.29, 1.82) is 0 Å². The molecule has 0 aliphatic carbocycles. The minimum Gasteiger partial charge on any atom is -0.323 e. The summed E-state index contributed by atoms with van der Waals surface area (Å²) in [5, 5.41) is 3.33. The van der Waals surface area contributed by atoms with Crippen LogP contribution >= 0.6 is 11.6 Å². The van der Waals surface area contributed by atoms with Gasteiger partial charge in [-0.1, -0.05) is 43.5 Å². The molecule has 0 aromatic heterocycles. The van der Waals surface area contributed by atoms with Crippen molar-refractivity contribution in [3.8, 4) is 0 Å². The van der Waals surface area contributed by atoms with Crippen LogP contribution in [-0.2, 0) is 14.8 Å². The molecule has 1 unspecified atom stereocenters. The lowest BCUT2D eigenvalue weighted by Gasteiger charge is -2.36. The Morgan fingerprint density at radius 1 is 1.19 bits per heavy atom. The van der Waals surface area contributed by atoms with Crippen LogP contribution in [0, 0.1) is 0 Å². The molecule has 0 radical (unpaired) electrons. The number of rotatable bonds is 8. The Balaban J connectivity index is 1.86. The van der Waals surface area contributed by atoms with Crippen LogP contribution in [0.25, 0.3) is 0 Å². The van der Waals surface area contributed by atoms with E-state index in [0.717, 1.165) is 12.8 Å². The molecule has 0 bridgehead atoms. The number of sulfonamides is 1. The minimum atomic E-state index is -3.19. The number of benzene rings is 1. The largest absolute Gasteiger partial charge is 0.323 e. The van der Waals surface area contributed by atoms with Gasteiger partial charge in [0.2, 0.25) is 15.9 Å². The first-order chi connectivity index (χ1) is 12.3. The zero-order chi connectivity index (χ0) is 19.2. The van der Waals surface area contributed by atoms with Crippen LogP contribution in [0.2, 0.25) is 5.02 Å². The molecule has 146 valence electrons. The van der Waals surface area contributed by atoms with Crippen molar-refractivity contribution in [2.24, 2.45) is 0 Å². The van der Waals surface area contributed by atoms with E-state index >= 15 is 0 Å².